The summed E-state index contributed by atoms with van der Waals surface area (Å²) in [5, 5.41) is 3.14. The van der Waals surface area contributed by atoms with E-state index in [0.717, 1.165) is 30.7 Å². The molecule has 1 atom stereocenters. The molecule has 0 bridgehead atoms. The lowest BCUT2D eigenvalue weighted by Gasteiger charge is -2.34. The Morgan fingerprint density at radius 3 is 2.81 bits per heavy atom. The van der Waals surface area contributed by atoms with Gasteiger partial charge in [-0.25, -0.2) is 14.5 Å². The Bertz CT molecular complexity index is 1060. The Morgan fingerprint density at radius 2 is 2.11 bits per heavy atom. The van der Waals surface area contributed by atoms with E-state index in [2.05, 4.69) is 15.1 Å². The molecule has 0 unspecified atom stereocenters. The van der Waals surface area contributed by atoms with Crippen LogP contribution in [-0.4, -0.2) is 36.9 Å². The van der Waals surface area contributed by atoms with Crippen molar-refractivity contribution in [2.75, 3.05) is 6.54 Å². The summed E-state index contributed by atoms with van der Waals surface area (Å²) >= 11 is 0. The van der Waals surface area contributed by atoms with Crippen LogP contribution in [0.15, 0.2) is 21.3 Å². The van der Waals surface area contributed by atoms with E-state index in [1.54, 1.807) is 13.8 Å². The standard InChI is InChI=1S/C19H23N5O3/c1-4-13-9-17(25)24-16(21-13)10-14(22-24)15-7-5-6-8-23(15)19(26)18-11(2)20-12(3)27-18/h9-10,15,22H,4-8H2,1-3H3/t15-/m0/s1. The number of nitrogens with one attached hydrogen (secondary N) is 1. The summed E-state index contributed by atoms with van der Waals surface area (Å²) in [4.78, 5) is 36.0. The maximum atomic E-state index is 13.1. The number of oxazole rings is 1. The summed E-state index contributed by atoms with van der Waals surface area (Å²) in [6.07, 6.45) is 3.47. The quantitative estimate of drug-likeness (QED) is 0.765. The van der Waals surface area contributed by atoms with Crippen LogP contribution in [0.3, 0.4) is 0 Å². The van der Waals surface area contributed by atoms with Crippen molar-refractivity contribution in [1.82, 2.24) is 24.5 Å². The Hall–Kier alpha value is -2.90. The molecule has 1 N–H and O–H groups in total. The molecule has 142 valence electrons. The van der Waals surface area contributed by atoms with Crippen molar-refractivity contribution in [1.29, 1.82) is 0 Å². The van der Waals surface area contributed by atoms with Crippen LogP contribution < -0.4 is 5.56 Å². The van der Waals surface area contributed by atoms with E-state index < -0.39 is 0 Å². The summed E-state index contributed by atoms with van der Waals surface area (Å²) in [5.41, 5.74) is 2.62. The van der Waals surface area contributed by atoms with E-state index in [0.29, 0.717) is 36.0 Å². The first-order valence-electron chi connectivity index (χ1n) is 9.34. The van der Waals surface area contributed by atoms with Crippen LogP contribution in [0.2, 0.25) is 0 Å². The lowest BCUT2D eigenvalue weighted by atomic mass is 9.99. The molecule has 0 aromatic carbocycles. The number of hydrogen-bond donors (Lipinski definition) is 1. The molecule has 3 aromatic rings. The zero-order chi connectivity index (χ0) is 19.1. The summed E-state index contributed by atoms with van der Waals surface area (Å²) in [6.45, 7) is 6.12. The number of rotatable bonds is 3. The van der Waals surface area contributed by atoms with Gasteiger partial charge in [-0.15, -0.1) is 0 Å². The number of carbonyl (C=O) groups excluding carboxylic acids is 1. The molecule has 1 aliphatic heterocycles. The normalized spacial score (nSPS) is 17.6. The number of amides is 1. The van der Waals surface area contributed by atoms with Crippen molar-refractivity contribution < 1.29 is 9.21 Å². The van der Waals surface area contributed by atoms with Gasteiger partial charge in [-0.05, 0) is 32.6 Å². The molecule has 4 rings (SSSR count). The van der Waals surface area contributed by atoms with E-state index in [4.69, 9.17) is 4.42 Å². The summed E-state index contributed by atoms with van der Waals surface area (Å²) in [6, 6.07) is 3.26. The number of hydrogen-bond acceptors (Lipinski definition) is 5. The molecule has 0 radical (unpaired) electrons. The van der Waals surface area contributed by atoms with Crippen molar-refractivity contribution in [2.45, 2.75) is 52.5 Å². The third-order valence-corrected chi connectivity index (χ3v) is 5.11. The second-order valence-electron chi connectivity index (χ2n) is 7.00. The summed E-state index contributed by atoms with van der Waals surface area (Å²) < 4.78 is 6.98. The molecule has 0 saturated carbocycles. The Labute approximate surface area is 156 Å². The fourth-order valence-corrected chi connectivity index (χ4v) is 3.77. The molecule has 0 aliphatic carbocycles. The highest BCUT2D eigenvalue weighted by molar-refractivity contribution is 5.92. The Morgan fingerprint density at radius 1 is 1.30 bits per heavy atom. The van der Waals surface area contributed by atoms with Gasteiger partial charge in [-0.2, -0.15) is 0 Å². The average molecular weight is 369 g/mol. The number of carbonyl (C=O) groups is 1. The van der Waals surface area contributed by atoms with Gasteiger partial charge < -0.3 is 9.32 Å². The highest BCUT2D eigenvalue weighted by atomic mass is 16.4. The zero-order valence-corrected chi connectivity index (χ0v) is 15.8. The van der Waals surface area contributed by atoms with E-state index >= 15 is 0 Å². The van der Waals surface area contributed by atoms with Gasteiger partial charge in [0.1, 0.15) is 0 Å². The molecular formula is C19H23N5O3. The van der Waals surface area contributed by atoms with E-state index in [9.17, 15) is 9.59 Å². The number of fused-ring (bicyclic) bond motifs is 1. The number of nitrogens with zero attached hydrogens (tertiary/aromatic N) is 4. The summed E-state index contributed by atoms with van der Waals surface area (Å²) in [5.74, 6) is 0.614. The molecule has 1 amide bonds. The van der Waals surface area contributed by atoms with Gasteiger partial charge in [0.15, 0.2) is 11.5 Å². The fourth-order valence-electron chi connectivity index (χ4n) is 3.77. The predicted molar refractivity (Wildman–Crippen MR) is 98.8 cm³/mol. The maximum Gasteiger partial charge on any atom is 0.292 e. The van der Waals surface area contributed by atoms with Crippen molar-refractivity contribution in [2.24, 2.45) is 0 Å². The molecule has 1 saturated heterocycles. The number of aromatic nitrogens is 4. The van der Waals surface area contributed by atoms with E-state index in [1.807, 2.05) is 17.9 Å². The van der Waals surface area contributed by atoms with Gasteiger partial charge in [-0.3, -0.25) is 14.7 Å². The van der Waals surface area contributed by atoms with Crippen molar-refractivity contribution in [3.8, 4) is 0 Å². The first kappa shape index (κ1) is 17.5. The maximum absolute atomic E-state index is 13.1. The van der Waals surface area contributed by atoms with Crippen LogP contribution in [-0.2, 0) is 6.42 Å². The molecule has 0 spiro atoms. The van der Waals surface area contributed by atoms with Crippen molar-refractivity contribution in [3.63, 3.8) is 0 Å². The van der Waals surface area contributed by atoms with E-state index in [1.165, 1.54) is 10.6 Å². The SMILES string of the molecule is CCc1cc(=O)n2[nH]c([C@@H]3CCCCN3C(=O)c3oc(C)nc3C)cc2n1. The van der Waals surface area contributed by atoms with Gasteiger partial charge in [-0.1, -0.05) is 6.92 Å². The Balaban J connectivity index is 1.73. The minimum absolute atomic E-state index is 0.140. The smallest absolute Gasteiger partial charge is 0.292 e. The highest BCUT2D eigenvalue weighted by Gasteiger charge is 2.33. The molecule has 8 nitrogen and oxygen atoms in total. The van der Waals surface area contributed by atoms with Gasteiger partial charge in [0, 0.05) is 31.3 Å². The minimum atomic E-state index is -0.161. The van der Waals surface area contributed by atoms with E-state index in [-0.39, 0.29) is 17.5 Å². The van der Waals surface area contributed by atoms with Crippen LogP contribution in [0.5, 0.6) is 0 Å². The first-order valence-corrected chi connectivity index (χ1v) is 9.34. The number of H-pyrrole nitrogens is 1. The monoisotopic (exact) mass is 369 g/mol. The van der Waals surface area contributed by atoms with Crippen molar-refractivity contribution >= 4 is 11.6 Å². The number of aromatic amines is 1. The first-order chi connectivity index (χ1) is 13.0. The second kappa shape index (κ2) is 6.68. The third-order valence-electron chi connectivity index (χ3n) is 5.11. The van der Waals surface area contributed by atoms with Crippen molar-refractivity contribution in [3.05, 3.63) is 51.2 Å². The molecule has 3 aromatic heterocycles. The number of piperidine rings is 1. The third kappa shape index (κ3) is 3.05. The molecular weight excluding hydrogens is 346 g/mol. The largest absolute Gasteiger partial charge is 0.436 e. The molecule has 4 heterocycles. The zero-order valence-electron chi connectivity index (χ0n) is 15.8. The molecule has 1 aliphatic rings. The van der Waals surface area contributed by atoms with Crippen LogP contribution in [0.4, 0.5) is 0 Å². The molecule has 8 heteroatoms. The topological polar surface area (TPSA) is 96.5 Å². The lowest BCUT2D eigenvalue weighted by molar-refractivity contribution is 0.0570. The van der Waals surface area contributed by atoms with Gasteiger partial charge in [0.25, 0.3) is 11.5 Å². The van der Waals surface area contributed by atoms with Crippen LogP contribution in [0, 0.1) is 13.8 Å². The average Bonchev–Trinajstić information content (AvgIpc) is 3.24. The fraction of sp³-hybridized carbons (Fsp3) is 0.474. The van der Waals surface area contributed by atoms with Crippen LogP contribution in [0.25, 0.3) is 5.65 Å². The lowest BCUT2D eigenvalue weighted by Crippen LogP contribution is -2.39. The van der Waals surface area contributed by atoms with Gasteiger partial charge in [0.2, 0.25) is 5.76 Å². The minimum Gasteiger partial charge on any atom is -0.436 e. The predicted octanol–water partition coefficient (Wildman–Crippen LogP) is 2.56. The summed E-state index contributed by atoms with van der Waals surface area (Å²) in [7, 11) is 0. The Kier molecular flexibility index (Phi) is 4.33. The molecule has 27 heavy (non-hydrogen) atoms. The van der Waals surface area contributed by atoms with Gasteiger partial charge >= 0.3 is 0 Å². The highest BCUT2D eigenvalue weighted by Crippen LogP contribution is 2.32. The molecule has 1 fully saturated rings. The number of likely N-dealkylation sites (tertiary alicyclic amines) is 1. The number of aryl methyl sites for hydroxylation is 3. The second-order valence-corrected chi connectivity index (χ2v) is 7.00. The van der Waals surface area contributed by atoms with Gasteiger partial charge in [0.05, 0.1) is 17.4 Å². The van der Waals surface area contributed by atoms with Crippen LogP contribution in [0.1, 0.15) is 65.8 Å². The van der Waals surface area contributed by atoms with Crippen LogP contribution >= 0.6 is 0 Å².